The number of amides is 2. The second-order valence-electron chi connectivity index (χ2n) is 6.26. The van der Waals surface area contributed by atoms with Crippen molar-refractivity contribution in [2.75, 3.05) is 6.54 Å². The van der Waals surface area contributed by atoms with Gasteiger partial charge in [0.25, 0.3) is 0 Å². The van der Waals surface area contributed by atoms with Crippen LogP contribution in [-0.4, -0.2) is 40.4 Å². The molecule has 2 amide bonds. The first kappa shape index (κ1) is 19.7. The highest BCUT2D eigenvalue weighted by molar-refractivity contribution is 5.84. The van der Waals surface area contributed by atoms with Crippen LogP contribution in [0.4, 0.5) is 0 Å². The number of hydrogen-bond acceptors (Lipinski definition) is 3. The summed E-state index contributed by atoms with van der Waals surface area (Å²) in [6, 6.07) is 8.62. The van der Waals surface area contributed by atoms with Gasteiger partial charge in [0.2, 0.25) is 11.8 Å². The predicted molar refractivity (Wildman–Crippen MR) is 91.2 cm³/mol. The normalized spacial score (nSPS) is 11.8. The number of aliphatic carboxylic acids is 1. The van der Waals surface area contributed by atoms with Gasteiger partial charge in [0.1, 0.15) is 6.04 Å². The number of carbonyl (C=O) groups excluding carboxylic acids is 2. The quantitative estimate of drug-likeness (QED) is 0.723. The molecule has 0 spiro atoms. The molecule has 0 unspecified atom stereocenters. The van der Waals surface area contributed by atoms with E-state index in [0.717, 1.165) is 5.56 Å². The Morgan fingerprint density at radius 1 is 1.17 bits per heavy atom. The van der Waals surface area contributed by atoms with E-state index in [2.05, 4.69) is 5.32 Å². The summed E-state index contributed by atoms with van der Waals surface area (Å²) in [6.45, 7) is 5.94. The van der Waals surface area contributed by atoms with Crippen LogP contribution in [0.25, 0.3) is 0 Å². The molecule has 1 aromatic carbocycles. The van der Waals surface area contributed by atoms with Crippen LogP contribution in [0.15, 0.2) is 30.3 Å². The van der Waals surface area contributed by atoms with Gasteiger partial charge in [0, 0.05) is 26.4 Å². The number of carbonyl (C=O) groups is 3. The van der Waals surface area contributed by atoms with E-state index < -0.39 is 12.0 Å². The molecular weight excluding hydrogens is 308 g/mol. The van der Waals surface area contributed by atoms with Crippen molar-refractivity contribution in [3.63, 3.8) is 0 Å². The Hall–Kier alpha value is -2.37. The summed E-state index contributed by atoms with van der Waals surface area (Å²) in [7, 11) is 0. The maximum atomic E-state index is 12.0. The van der Waals surface area contributed by atoms with Crippen molar-refractivity contribution in [2.24, 2.45) is 5.92 Å². The molecule has 24 heavy (non-hydrogen) atoms. The summed E-state index contributed by atoms with van der Waals surface area (Å²) in [4.78, 5) is 36.5. The van der Waals surface area contributed by atoms with Crippen LogP contribution in [0.2, 0.25) is 0 Å². The lowest BCUT2D eigenvalue weighted by molar-refractivity contribution is -0.142. The van der Waals surface area contributed by atoms with E-state index in [1.807, 2.05) is 44.2 Å². The van der Waals surface area contributed by atoms with Crippen molar-refractivity contribution in [3.8, 4) is 0 Å². The van der Waals surface area contributed by atoms with Crippen LogP contribution in [0.3, 0.4) is 0 Å². The minimum Gasteiger partial charge on any atom is -0.480 e. The number of hydrogen-bond donors (Lipinski definition) is 2. The second-order valence-corrected chi connectivity index (χ2v) is 6.26. The van der Waals surface area contributed by atoms with Crippen molar-refractivity contribution >= 4 is 17.8 Å². The first-order valence-corrected chi connectivity index (χ1v) is 8.11. The number of carboxylic acids is 1. The van der Waals surface area contributed by atoms with E-state index in [1.54, 1.807) is 4.90 Å². The highest BCUT2D eigenvalue weighted by Crippen LogP contribution is 2.07. The molecule has 0 radical (unpaired) electrons. The summed E-state index contributed by atoms with van der Waals surface area (Å²) in [5.41, 5.74) is 0.983. The first-order chi connectivity index (χ1) is 11.3. The first-order valence-electron chi connectivity index (χ1n) is 8.11. The lowest BCUT2D eigenvalue weighted by Crippen LogP contribution is -2.43. The average molecular weight is 334 g/mol. The molecule has 0 aromatic heterocycles. The number of rotatable bonds is 9. The fraction of sp³-hybridized carbons (Fsp3) is 0.500. The Labute approximate surface area is 142 Å². The third-order valence-corrected chi connectivity index (χ3v) is 3.61. The van der Waals surface area contributed by atoms with E-state index in [-0.39, 0.29) is 30.7 Å². The van der Waals surface area contributed by atoms with E-state index in [0.29, 0.717) is 13.0 Å². The Kier molecular flexibility index (Phi) is 7.95. The van der Waals surface area contributed by atoms with Crippen LogP contribution < -0.4 is 5.32 Å². The molecule has 6 heteroatoms. The Morgan fingerprint density at radius 2 is 1.79 bits per heavy atom. The highest BCUT2D eigenvalue weighted by atomic mass is 16.4. The molecule has 0 saturated carbocycles. The molecule has 6 nitrogen and oxygen atoms in total. The van der Waals surface area contributed by atoms with Gasteiger partial charge in [-0.3, -0.25) is 9.59 Å². The zero-order valence-corrected chi connectivity index (χ0v) is 14.5. The lowest BCUT2D eigenvalue weighted by atomic mass is 10.0. The van der Waals surface area contributed by atoms with E-state index >= 15 is 0 Å². The molecule has 0 aliphatic heterocycles. The van der Waals surface area contributed by atoms with E-state index in [9.17, 15) is 14.4 Å². The summed E-state index contributed by atoms with van der Waals surface area (Å²) in [6.07, 6.45) is 0.454. The van der Waals surface area contributed by atoms with Gasteiger partial charge in [-0.15, -0.1) is 0 Å². The summed E-state index contributed by atoms with van der Waals surface area (Å²) >= 11 is 0. The van der Waals surface area contributed by atoms with Crippen molar-refractivity contribution in [1.29, 1.82) is 0 Å². The minimum atomic E-state index is -1.04. The Bertz CT molecular complexity index is 557. The van der Waals surface area contributed by atoms with Gasteiger partial charge in [-0.1, -0.05) is 44.2 Å². The summed E-state index contributed by atoms with van der Waals surface area (Å²) in [5, 5.41) is 11.7. The van der Waals surface area contributed by atoms with Crippen molar-refractivity contribution < 1.29 is 19.5 Å². The highest BCUT2D eigenvalue weighted by Gasteiger charge is 2.21. The molecular formula is C18H26N2O4. The molecule has 0 fully saturated rings. The van der Waals surface area contributed by atoms with E-state index in [1.165, 1.54) is 6.92 Å². The molecule has 1 aromatic rings. The standard InChI is InChI=1S/C18H26N2O4/c1-13(2)11-16(18(23)24)19-17(22)9-10-20(14(3)21)12-15-7-5-4-6-8-15/h4-8,13,16H,9-12H2,1-3H3,(H,19,22)(H,23,24)/t16-/m1/s1. The third kappa shape index (κ3) is 7.26. The largest absolute Gasteiger partial charge is 0.480 e. The van der Waals surface area contributed by atoms with E-state index in [4.69, 9.17) is 5.11 Å². The Morgan fingerprint density at radius 3 is 2.29 bits per heavy atom. The maximum Gasteiger partial charge on any atom is 0.326 e. The molecule has 1 atom stereocenters. The van der Waals surface area contributed by atoms with Gasteiger partial charge >= 0.3 is 5.97 Å². The zero-order chi connectivity index (χ0) is 18.1. The topological polar surface area (TPSA) is 86.7 Å². The molecule has 0 aliphatic carbocycles. The lowest BCUT2D eigenvalue weighted by Gasteiger charge is -2.22. The molecule has 0 saturated heterocycles. The maximum absolute atomic E-state index is 12.0. The minimum absolute atomic E-state index is 0.0777. The van der Waals surface area contributed by atoms with Crippen LogP contribution in [0.5, 0.6) is 0 Å². The van der Waals surface area contributed by atoms with Crippen molar-refractivity contribution in [1.82, 2.24) is 10.2 Å². The molecule has 1 rings (SSSR count). The summed E-state index contributed by atoms with van der Waals surface area (Å²) in [5.74, 6) is -1.35. The molecule has 132 valence electrons. The number of nitrogens with one attached hydrogen (secondary N) is 1. The fourth-order valence-corrected chi connectivity index (χ4v) is 2.35. The van der Waals surface area contributed by atoms with Crippen molar-refractivity contribution in [2.45, 2.75) is 46.2 Å². The predicted octanol–water partition coefficient (Wildman–Crippen LogP) is 2.04. The smallest absolute Gasteiger partial charge is 0.326 e. The van der Waals surface area contributed by atoms with Crippen LogP contribution in [-0.2, 0) is 20.9 Å². The Balaban J connectivity index is 2.55. The van der Waals surface area contributed by atoms with Crippen LogP contribution >= 0.6 is 0 Å². The summed E-state index contributed by atoms with van der Waals surface area (Å²) < 4.78 is 0. The molecule has 2 N–H and O–H groups in total. The van der Waals surface area contributed by atoms with Gasteiger partial charge in [0.05, 0.1) is 0 Å². The molecule has 0 bridgehead atoms. The van der Waals surface area contributed by atoms with Crippen molar-refractivity contribution in [3.05, 3.63) is 35.9 Å². The monoisotopic (exact) mass is 334 g/mol. The molecule has 0 aliphatic rings. The SMILES string of the molecule is CC(=O)N(CCC(=O)N[C@H](CC(C)C)C(=O)O)Cc1ccccc1. The molecule has 0 heterocycles. The van der Waals surface area contributed by atoms with Gasteiger partial charge in [-0.25, -0.2) is 4.79 Å². The average Bonchev–Trinajstić information content (AvgIpc) is 2.51. The third-order valence-electron chi connectivity index (χ3n) is 3.61. The fourth-order valence-electron chi connectivity index (χ4n) is 2.35. The number of benzene rings is 1. The van der Waals surface area contributed by atoms with Crippen LogP contribution in [0.1, 0.15) is 39.2 Å². The second kappa shape index (κ2) is 9.70. The van der Waals surface area contributed by atoms with Crippen LogP contribution in [0, 0.1) is 5.92 Å². The van der Waals surface area contributed by atoms with Gasteiger partial charge in [-0.05, 0) is 17.9 Å². The van der Waals surface area contributed by atoms with Gasteiger partial charge in [-0.2, -0.15) is 0 Å². The zero-order valence-electron chi connectivity index (χ0n) is 14.5. The van der Waals surface area contributed by atoms with Gasteiger partial charge in [0.15, 0.2) is 0 Å². The van der Waals surface area contributed by atoms with Gasteiger partial charge < -0.3 is 15.3 Å². The number of carboxylic acid groups (broad SMARTS) is 1. The number of nitrogens with zero attached hydrogens (tertiary/aromatic N) is 1.